The molecule has 0 heterocycles. The summed E-state index contributed by atoms with van der Waals surface area (Å²) in [6.07, 6.45) is 20.2. The van der Waals surface area contributed by atoms with Gasteiger partial charge in [-0.15, -0.1) is 0 Å². The lowest BCUT2D eigenvalue weighted by Gasteiger charge is -2.03. The molecule has 0 bridgehead atoms. The molecule has 0 aliphatic carbocycles. The van der Waals surface area contributed by atoms with E-state index >= 15 is 0 Å². The minimum atomic E-state index is -0.653. The van der Waals surface area contributed by atoms with Gasteiger partial charge in [0.1, 0.15) is 0 Å². The molecule has 0 aromatic carbocycles. The lowest BCUT2D eigenvalue weighted by atomic mass is 10.0. The van der Waals surface area contributed by atoms with Gasteiger partial charge in [0.2, 0.25) is 0 Å². The molecule has 0 saturated heterocycles. The fourth-order valence-electron chi connectivity index (χ4n) is 2.65. The van der Waals surface area contributed by atoms with Crippen molar-refractivity contribution in [1.82, 2.24) is 0 Å². The van der Waals surface area contributed by atoms with Crippen LogP contribution in [0.3, 0.4) is 0 Å². The first-order chi connectivity index (χ1) is 11.7. The topological polar surface area (TPSA) is 72.5 Å². The van der Waals surface area contributed by atoms with E-state index in [1.165, 1.54) is 83.5 Å². The maximum absolute atomic E-state index is 10.3. The molecule has 3 N–H and O–H groups in total. The number of rotatable bonds is 17. The van der Waals surface area contributed by atoms with Crippen molar-refractivity contribution in [2.24, 2.45) is 5.90 Å². The number of carbonyl (C=O) groups is 1. The second-order valence-electron chi connectivity index (χ2n) is 6.55. The van der Waals surface area contributed by atoms with E-state index in [1.807, 2.05) is 6.92 Å². The standard InChI is InChI=1S/C18H36O2.C2H7NO/c1-2-3-4-5-6-7-8-9-10-11-12-13-14-15-16-17-18(19)20;1-2-4-3/h2-17H2,1H3,(H,19,20);2-3H2,1H3. The zero-order chi connectivity index (χ0) is 18.3. The zero-order valence-corrected chi connectivity index (χ0v) is 16.4. The zero-order valence-electron chi connectivity index (χ0n) is 16.4. The van der Waals surface area contributed by atoms with Crippen LogP contribution in [-0.2, 0) is 9.63 Å². The number of nitrogens with two attached hydrogens (primary N) is 1. The molecule has 0 aliphatic rings. The minimum Gasteiger partial charge on any atom is -0.481 e. The van der Waals surface area contributed by atoms with Crippen molar-refractivity contribution in [3.63, 3.8) is 0 Å². The van der Waals surface area contributed by atoms with Crippen LogP contribution >= 0.6 is 0 Å². The molecule has 0 saturated carbocycles. The molecule has 24 heavy (non-hydrogen) atoms. The first-order valence-electron chi connectivity index (χ1n) is 10.2. The van der Waals surface area contributed by atoms with Gasteiger partial charge in [-0.2, -0.15) is 0 Å². The molecule has 146 valence electrons. The fraction of sp³-hybridized carbons (Fsp3) is 0.950. The van der Waals surface area contributed by atoms with Crippen molar-refractivity contribution >= 4 is 5.97 Å². The summed E-state index contributed by atoms with van der Waals surface area (Å²) in [6.45, 7) is 4.70. The van der Waals surface area contributed by atoms with Gasteiger partial charge in [-0.05, 0) is 13.3 Å². The Morgan fingerprint density at radius 3 is 1.25 bits per heavy atom. The Labute approximate surface area is 150 Å². The van der Waals surface area contributed by atoms with E-state index in [-0.39, 0.29) is 0 Å². The van der Waals surface area contributed by atoms with Gasteiger partial charge >= 0.3 is 5.97 Å². The molecule has 4 nitrogen and oxygen atoms in total. The van der Waals surface area contributed by atoms with Crippen molar-refractivity contribution in [3.05, 3.63) is 0 Å². The van der Waals surface area contributed by atoms with Crippen LogP contribution in [0, 0.1) is 0 Å². The third-order valence-electron chi connectivity index (χ3n) is 4.16. The Morgan fingerprint density at radius 2 is 1.00 bits per heavy atom. The average Bonchev–Trinajstić information content (AvgIpc) is 2.58. The Kier molecular flexibility index (Phi) is 26.3. The van der Waals surface area contributed by atoms with Gasteiger partial charge in [-0.1, -0.05) is 96.8 Å². The monoisotopic (exact) mass is 345 g/mol. The molecule has 4 heteroatoms. The molecule has 0 atom stereocenters. The minimum absolute atomic E-state index is 0.345. The smallest absolute Gasteiger partial charge is 0.303 e. The summed E-state index contributed by atoms with van der Waals surface area (Å²) in [6, 6.07) is 0. The Hall–Kier alpha value is -0.610. The largest absolute Gasteiger partial charge is 0.481 e. The SMILES string of the molecule is CCCCCCCCCCCCCCCCCC(=O)O.CCON. The molecular weight excluding hydrogens is 302 g/mol. The highest BCUT2D eigenvalue weighted by atomic mass is 16.6. The van der Waals surface area contributed by atoms with Crippen LogP contribution in [0.2, 0.25) is 0 Å². The third-order valence-corrected chi connectivity index (χ3v) is 4.16. The van der Waals surface area contributed by atoms with Crippen LogP contribution in [-0.4, -0.2) is 17.7 Å². The molecule has 0 amide bonds. The van der Waals surface area contributed by atoms with Gasteiger partial charge < -0.3 is 9.94 Å². The van der Waals surface area contributed by atoms with Gasteiger partial charge in [-0.3, -0.25) is 4.79 Å². The van der Waals surface area contributed by atoms with Gasteiger partial charge in [0.05, 0.1) is 6.61 Å². The molecule has 0 radical (unpaired) electrons. The molecule has 0 aromatic rings. The predicted octanol–water partition coefficient (Wildman–Crippen LogP) is 6.23. The molecule has 0 spiro atoms. The van der Waals surface area contributed by atoms with Crippen molar-refractivity contribution in [3.8, 4) is 0 Å². The van der Waals surface area contributed by atoms with Crippen molar-refractivity contribution < 1.29 is 14.7 Å². The molecule has 0 rings (SSSR count). The quantitative estimate of drug-likeness (QED) is 0.242. The summed E-state index contributed by atoms with van der Waals surface area (Å²) in [7, 11) is 0. The van der Waals surface area contributed by atoms with Crippen LogP contribution in [0.4, 0.5) is 0 Å². The molecule has 0 unspecified atom stereocenters. The number of hydrogen-bond donors (Lipinski definition) is 2. The van der Waals surface area contributed by atoms with Gasteiger partial charge in [0.15, 0.2) is 0 Å². The Balaban J connectivity index is 0. The van der Waals surface area contributed by atoms with Crippen LogP contribution in [0.15, 0.2) is 0 Å². The van der Waals surface area contributed by atoms with E-state index in [0.717, 1.165) is 12.8 Å². The highest BCUT2D eigenvalue weighted by Crippen LogP contribution is 2.13. The first kappa shape index (κ1) is 25.6. The summed E-state index contributed by atoms with van der Waals surface area (Å²) < 4.78 is 0. The summed E-state index contributed by atoms with van der Waals surface area (Å²) in [5, 5.41) is 8.52. The third kappa shape index (κ3) is 29.4. The lowest BCUT2D eigenvalue weighted by Crippen LogP contribution is -1.94. The molecule has 0 fully saturated rings. The van der Waals surface area contributed by atoms with Crippen LogP contribution in [0.1, 0.15) is 117 Å². The van der Waals surface area contributed by atoms with Gasteiger partial charge in [0, 0.05) is 6.42 Å². The number of aliphatic carboxylic acids is 1. The van der Waals surface area contributed by atoms with Gasteiger partial charge in [0.25, 0.3) is 0 Å². The highest BCUT2D eigenvalue weighted by molar-refractivity contribution is 5.66. The van der Waals surface area contributed by atoms with E-state index in [2.05, 4.69) is 17.7 Å². The first-order valence-corrected chi connectivity index (χ1v) is 10.2. The summed E-state index contributed by atoms with van der Waals surface area (Å²) in [5.74, 6) is 3.87. The highest BCUT2D eigenvalue weighted by Gasteiger charge is 1.97. The van der Waals surface area contributed by atoms with E-state index in [4.69, 9.17) is 5.11 Å². The van der Waals surface area contributed by atoms with E-state index in [0.29, 0.717) is 13.0 Å². The van der Waals surface area contributed by atoms with Crippen LogP contribution < -0.4 is 5.90 Å². The van der Waals surface area contributed by atoms with Crippen LogP contribution in [0.5, 0.6) is 0 Å². The normalized spacial score (nSPS) is 10.3. The van der Waals surface area contributed by atoms with Crippen LogP contribution in [0.25, 0.3) is 0 Å². The summed E-state index contributed by atoms with van der Waals surface area (Å²) >= 11 is 0. The molecule has 0 aliphatic heterocycles. The second-order valence-corrected chi connectivity index (χ2v) is 6.55. The summed E-state index contributed by atoms with van der Waals surface area (Å²) in [5.41, 5.74) is 0. The molecule has 0 aromatic heterocycles. The van der Waals surface area contributed by atoms with E-state index in [1.54, 1.807) is 0 Å². The number of hydrogen-bond acceptors (Lipinski definition) is 3. The van der Waals surface area contributed by atoms with Crippen molar-refractivity contribution in [2.75, 3.05) is 6.61 Å². The maximum atomic E-state index is 10.3. The average molecular weight is 346 g/mol. The fourth-order valence-corrected chi connectivity index (χ4v) is 2.65. The maximum Gasteiger partial charge on any atom is 0.303 e. The number of carboxylic acids is 1. The predicted molar refractivity (Wildman–Crippen MR) is 103 cm³/mol. The number of unbranched alkanes of at least 4 members (excludes halogenated alkanes) is 14. The molecular formula is C20H43NO3. The second kappa shape index (κ2) is 24.6. The Bertz CT molecular complexity index is 233. The van der Waals surface area contributed by atoms with Crippen molar-refractivity contribution in [1.29, 1.82) is 0 Å². The Morgan fingerprint density at radius 1 is 0.708 bits per heavy atom. The van der Waals surface area contributed by atoms with E-state index in [9.17, 15) is 4.79 Å². The lowest BCUT2D eigenvalue weighted by molar-refractivity contribution is -0.137. The number of carboxylic acid groups (broad SMARTS) is 1. The van der Waals surface area contributed by atoms with Crippen molar-refractivity contribution in [2.45, 2.75) is 117 Å². The summed E-state index contributed by atoms with van der Waals surface area (Å²) in [4.78, 5) is 14.4. The van der Waals surface area contributed by atoms with Gasteiger partial charge in [-0.25, -0.2) is 5.90 Å². The van der Waals surface area contributed by atoms with E-state index < -0.39 is 5.97 Å².